The van der Waals surface area contributed by atoms with Crippen LogP contribution in [0.2, 0.25) is 5.02 Å². The molecule has 0 unspecified atom stereocenters. The summed E-state index contributed by atoms with van der Waals surface area (Å²) in [6, 6.07) is 6.66. The van der Waals surface area contributed by atoms with E-state index in [1.165, 1.54) is 24.3 Å². The number of imide groups is 1. The van der Waals surface area contributed by atoms with Crippen molar-refractivity contribution in [3.63, 3.8) is 0 Å². The number of allylic oxidation sites excluding steroid dienone is 2. The zero-order chi connectivity index (χ0) is 26.6. The number of nitrogens with zero attached hydrogens (tertiary/aromatic N) is 1. The monoisotopic (exact) mass is 529 g/mol. The maximum Gasteiger partial charge on any atom is 0.416 e. The Labute approximate surface area is 206 Å². The van der Waals surface area contributed by atoms with E-state index < -0.39 is 58.7 Å². The minimum atomic E-state index is -5.14. The van der Waals surface area contributed by atoms with Crippen LogP contribution in [0.4, 0.5) is 32.0 Å². The second-order valence-electron chi connectivity index (χ2n) is 8.92. The van der Waals surface area contributed by atoms with E-state index in [-0.39, 0.29) is 24.7 Å². The third-order valence-corrected chi connectivity index (χ3v) is 6.65. The molecule has 11 heteroatoms. The lowest BCUT2D eigenvalue weighted by molar-refractivity contribution is -0.143. The summed E-state index contributed by atoms with van der Waals surface area (Å²) in [6.07, 6.45) is -8.69. The average molecular weight is 530 g/mol. The van der Waals surface area contributed by atoms with Gasteiger partial charge >= 0.3 is 12.4 Å². The smallest absolute Gasteiger partial charge is 0.294 e. The van der Waals surface area contributed by atoms with Gasteiger partial charge in [0.25, 0.3) is 0 Å². The lowest BCUT2D eigenvalue weighted by Crippen LogP contribution is -2.33. The second-order valence-corrected chi connectivity index (χ2v) is 9.36. The van der Waals surface area contributed by atoms with Crippen molar-refractivity contribution in [1.82, 2.24) is 0 Å². The van der Waals surface area contributed by atoms with Gasteiger partial charge in [0.05, 0.1) is 28.7 Å². The molecule has 36 heavy (non-hydrogen) atoms. The normalized spacial score (nSPS) is 22.5. The Kier molecular flexibility index (Phi) is 6.53. The van der Waals surface area contributed by atoms with Gasteiger partial charge in [0.2, 0.25) is 11.8 Å². The molecule has 2 aromatic carbocycles. The molecule has 2 aromatic rings. The number of anilines is 1. The summed E-state index contributed by atoms with van der Waals surface area (Å²) in [5.41, 5.74) is -3.07. The molecule has 0 aromatic heterocycles. The number of fused-ring (bicyclic) bond motifs is 1. The lowest BCUT2D eigenvalue weighted by Gasteiger charge is -2.28. The van der Waals surface area contributed by atoms with Crippen molar-refractivity contribution in [2.75, 3.05) is 4.90 Å². The van der Waals surface area contributed by atoms with Crippen LogP contribution in [0, 0.1) is 17.8 Å². The largest absolute Gasteiger partial charge is 0.416 e. The van der Waals surface area contributed by atoms with Gasteiger partial charge in [-0.25, -0.2) is 4.90 Å². The number of hydrogen-bond donors (Lipinski definition) is 0. The van der Waals surface area contributed by atoms with Gasteiger partial charge in [-0.15, -0.1) is 0 Å². The number of hydrogen-bond acceptors (Lipinski definition) is 3. The number of benzene rings is 2. The Morgan fingerprint density at radius 3 is 2.03 bits per heavy atom. The number of alkyl halides is 6. The van der Waals surface area contributed by atoms with Crippen LogP contribution in [0.25, 0.3) is 0 Å². The Morgan fingerprint density at radius 2 is 1.50 bits per heavy atom. The third-order valence-electron chi connectivity index (χ3n) is 6.40. The summed E-state index contributed by atoms with van der Waals surface area (Å²) in [4.78, 5) is 39.7. The van der Waals surface area contributed by atoms with E-state index >= 15 is 0 Å². The highest BCUT2D eigenvalue weighted by molar-refractivity contribution is 6.30. The Balaban J connectivity index is 1.71. The molecule has 1 aliphatic carbocycles. The van der Waals surface area contributed by atoms with E-state index in [1.54, 1.807) is 13.0 Å². The van der Waals surface area contributed by atoms with Crippen LogP contribution >= 0.6 is 11.6 Å². The van der Waals surface area contributed by atoms with Crippen molar-refractivity contribution in [3.05, 3.63) is 75.8 Å². The van der Waals surface area contributed by atoms with Crippen molar-refractivity contribution in [2.45, 2.75) is 32.1 Å². The maximum absolute atomic E-state index is 13.3. The Hall–Kier alpha value is -3.14. The van der Waals surface area contributed by atoms with E-state index in [0.29, 0.717) is 33.2 Å². The third kappa shape index (κ3) is 4.91. The van der Waals surface area contributed by atoms with Crippen LogP contribution in [-0.4, -0.2) is 17.6 Å². The highest BCUT2D eigenvalue weighted by Crippen LogP contribution is 2.46. The van der Waals surface area contributed by atoms with Crippen LogP contribution in [0.15, 0.2) is 54.1 Å². The number of Topliss-reactive ketones (excluding diaryl/α,β-unsaturated/α-hetero) is 1. The Bertz CT molecular complexity index is 1230. The van der Waals surface area contributed by atoms with Gasteiger partial charge in [-0.3, -0.25) is 14.4 Å². The van der Waals surface area contributed by atoms with E-state index in [0.717, 1.165) is 0 Å². The van der Waals surface area contributed by atoms with Crippen LogP contribution in [0.1, 0.15) is 41.3 Å². The van der Waals surface area contributed by atoms with Gasteiger partial charge in [0, 0.05) is 17.0 Å². The van der Waals surface area contributed by atoms with Gasteiger partial charge in [0.1, 0.15) is 0 Å². The molecule has 0 radical (unpaired) electrons. The number of rotatable bonds is 4. The zero-order valence-corrected chi connectivity index (χ0v) is 19.3. The zero-order valence-electron chi connectivity index (χ0n) is 18.6. The average Bonchev–Trinajstić information content (AvgIpc) is 3.02. The molecule has 0 N–H and O–H groups in total. The fraction of sp³-hybridized carbons (Fsp3) is 0.320. The van der Waals surface area contributed by atoms with Crippen molar-refractivity contribution >= 4 is 34.9 Å². The summed E-state index contributed by atoms with van der Waals surface area (Å²) < 4.78 is 80.1. The summed E-state index contributed by atoms with van der Waals surface area (Å²) in [5, 5.41) is 0.409. The molecular weight excluding hydrogens is 512 g/mol. The molecule has 1 heterocycles. The van der Waals surface area contributed by atoms with Crippen molar-refractivity contribution < 1.29 is 40.7 Å². The quantitative estimate of drug-likeness (QED) is 0.191. The first-order chi connectivity index (χ1) is 16.7. The highest BCUT2D eigenvalue weighted by atomic mass is 35.5. The fourth-order valence-electron chi connectivity index (χ4n) is 4.80. The predicted molar refractivity (Wildman–Crippen MR) is 118 cm³/mol. The first-order valence-electron chi connectivity index (χ1n) is 10.8. The van der Waals surface area contributed by atoms with Crippen LogP contribution in [0.3, 0.4) is 0 Å². The Morgan fingerprint density at radius 1 is 0.944 bits per heavy atom. The molecule has 190 valence electrons. The maximum atomic E-state index is 13.3. The summed E-state index contributed by atoms with van der Waals surface area (Å²) in [7, 11) is 0. The molecule has 2 aliphatic rings. The minimum absolute atomic E-state index is 0.0686. The molecule has 0 bridgehead atoms. The number of ketones is 1. The standard InChI is InChI=1S/C25H18ClF6NO3/c1-12-6-14(8-20(34)13-2-4-17(26)5-3-13)21-19(7-12)22(35)33(23(21)36)18-10-15(24(27,28)29)9-16(11-18)25(30,31)32/h2-6,9-11,14,19,21H,7-8H2,1H3/t14-,19-,21+/m1/s1. The van der Waals surface area contributed by atoms with E-state index in [2.05, 4.69) is 0 Å². The fourth-order valence-corrected chi connectivity index (χ4v) is 4.93. The molecule has 0 saturated carbocycles. The predicted octanol–water partition coefficient (Wildman–Crippen LogP) is 6.72. The first-order valence-corrected chi connectivity index (χ1v) is 11.2. The molecular formula is C25H18ClF6NO3. The first kappa shape index (κ1) is 25.9. The van der Waals surface area contributed by atoms with Gasteiger partial charge in [0.15, 0.2) is 5.78 Å². The van der Waals surface area contributed by atoms with Gasteiger partial charge < -0.3 is 0 Å². The second kappa shape index (κ2) is 9.06. The molecule has 3 atom stereocenters. The molecule has 2 amide bonds. The number of amides is 2. The molecule has 0 spiro atoms. The number of carbonyl (C=O) groups is 3. The highest BCUT2D eigenvalue weighted by Gasteiger charge is 2.53. The van der Waals surface area contributed by atoms with Crippen molar-refractivity contribution in [3.8, 4) is 0 Å². The van der Waals surface area contributed by atoms with Crippen molar-refractivity contribution in [2.24, 2.45) is 17.8 Å². The minimum Gasteiger partial charge on any atom is -0.294 e. The SMILES string of the molecule is CC1=C[C@H](CC(=O)c2ccc(Cl)cc2)[C@@H]2C(=O)N(c3cc(C(F)(F)F)cc(C(F)(F)F)c3)C(=O)[C@@H]2C1. The lowest BCUT2D eigenvalue weighted by atomic mass is 9.72. The number of halogens is 7. The van der Waals surface area contributed by atoms with Crippen LogP contribution in [-0.2, 0) is 21.9 Å². The number of carbonyl (C=O) groups excluding carboxylic acids is 3. The van der Waals surface area contributed by atoms with E-state index in [1.807, 2.05) is 0 Å². The van der Waals surface area contributed by atoms with Gasteiger partial charge in [-0.1, -0.05) is 23.3 Å². The molecule has 1 fully saturated rings. The van der Waals surface area contributed by atoms with Gasteiger partial charge in [-0.05, 0) is 61.7 Å². The molecule has 1 saturated heterocycles. The van der Waals surface area contributed by atoms with Crippen LogP contribution < -0.4 is 4.90 Å². The summed E-state index contributed by atoms with van der Waals surface area (Å²) in [5.74, 6) is -5.04. The van der Waals surface area contributed by atoms with E-state index in [9.17, 15) is 40.7 Å². The van der Waals surface area contributed by atoms with Gasteiger partial charge in [-0.2, -0.15) is 26.3 Å². The van der Waals surface area contributed by atoms with Crippen LogP contribution in [0.5, 0.6) is 0 Å². The summed E-state index contributed by atoms with van der Waals surface area (Å²) >= 11 is 5.84. The van der Waals surface area contributed by atoms with E-state index in [4.69, 9.17) is 11.6 Å². The summed E-state index contributed by atoms with van der Waals surface area (Å²) in [6.45, 7) is 1.68. The molecule has 4 nitrogen and oxygen atoms in total. The molecule has 4 rings (SSSR count). The topological polar surface area (TPSA) is 54.5 Å². The van der Waals surface area contributed by atoms with Crippen molar-refractivity contribution in [1.29, 1.82) is 0 Å². The molecule has 1 aliphatic heterocycles.